The molecule has 0 radical (unpaired) electrons. The Bertz CT molecular complexity index is 2210. The first-order chi connectivity index (χ1) is 27.6. The van der Waals surface area contributed by atoms with Crippen LogP contribution in [0.3, 0.4) is 0 Å². The standard InChI is InChI=1S/C40H42N7O6P3/c41-25-29-13-4-8-19-34(29)48-38-23-12-24-39(40(38)49-35-20-9-5-14-30(35)26-42)52-55-45-54-46(51-36-21-10-6-15-31(36)27-43)56(47(55)50-33-17-2-1-3-18-33)53-37-22-11-7-16-32(37)28-44/h1-24,45,54H,25-28,41-44H2. The number of para-hydroxylation sites is 6. The van der Waals surface area contributed by atoms with Crippen molar-refractivity contribution < 1.29 is 28.2 Å². The van der Waals surface area contributed by atoms with Gasteiger partial charge in [-0.2, -0.15) is 0 Å². The zero-order chi connectivity index (χ0) is 38.7. The molecule has 0 spiro atoms. The Morgan fingerprint density at radius 1 is 0.464 bits per heavy atom. The third-order valence-electron chi connectivity index (χ3n) is 8.32. The molecule has 16 heteroatoms. The summed E-state index contributed by atoms with van der Waals surface area (Å²) in [5.74, 6) is 3.92. The fourth-order valence-corrected chi connectivity index (χ4v) is 11.1. The average Bonchev–Trinajstić information content (AvgIpc) is 3.24. The highest BCUT2D eigenvalue weighted by Gasteiger charge is 2.47. The molecular formula is C40H42N7O6P3. The maximum absolute atomic E-state index is 6.93. The van der Waals surface area contributed by atoms with E-state index in [1.807, 2.05) is 146 Å². The summed E-state index contributed by atoms with van der Waals surface area (Å²) >= 11 is 0. The first-order valence-electron chi connectivity index (χ1n) is 17.7. The van der Waals surface area contributed by atoms with Crippen LogP contribution in [0.2, 0.25) is 0 Å². The van der Waals surface area contributed by atoms with Gasteiger partial charge in [0, 0.05) is 53.0 Å². The first kappa shape index (κ1) is 39.4. The van der Waals surface area contributed by atoms with Crippen molar-refractivity contribution in [2.24, 2.45) is 22.9 Å². The Labute approximate surface area is 330 Å². The van der Waals surface area contributed by atoms with Gasteiger partial charge in [-0.15, -0.1) is 0 Å². The molecule has 6 aromatic rings. The molecule has 1 fully saturated rings. The quantitative estimate of drug-likeness (QED) is 0.0587. The SMILES string of the molecule is NCc1ccccc1Oc1cccc(OP2NPN(Oc3ccccc3CN)P(Oc3ccccc3CN)N2Oc2ccccc2)c1Oc1ccccc1CN. The van der Waals surface area contributed by atoms with Gasteiger partial charge < -0.3 is 51.1 Å². The van der Waals surface area contributed by atoms with Gasteiger partial charge in [0.25, 0.3) is 8.45 Å². The van der Waals surface area contributed by atoms with Crippen LogP contribution in [0.5, 0.6) is 46.0 Å². The number of hydrogen-bond acceptors (Lipinski definition) is 13. The summed E-state index contributed by atoms with van der Waals surface area (Å²) in [6.45, 7) is 1.08. The molecule has 1 aliphatic rings. The van der Waals surface area contributed by atoms with Gasteiger partial charge in [0.05, 0.1) is 8.88 Å². The predicted molar refractivity (Wildman–Crippen MR) is 222 cm³/mol. The largest absolute Gasteiger partial charge is 0.453 e. The molecule has 0 aliphatic carbocycles. The zero-order valence-corrected chi connectivity index (χ0v) is 33.0. The van der Waals surface area contributed by atoms with E-state index in [-0.39, 0.29) is 35.1 Å². The Kier molecular flexibility index (Phi) is 13.6. The minimum Gasteiger partial charge on any atom is -0.453 e. The van der Waals surface area contributed by atoms with Crippen LogP contribution >= 0.6 is 25.8 Å². The Morgan fingerprint density at radius 3 is 1.57 bits per heavy atom. The van der Waals surface area contributed by atoms with Crippen LogP contribution in [0.25, 0.3) is 0 Å². The van der Waals surface area contributed by atoms with Crippen molar-refractivity contribution in [2.75, 3.05) is 0 Å². The molecule has 1 heterocycles. The number of rotatable bonds is 16. The molecule has 7 rings (SSSR count). The Balaban J connectivity index is 1.31. The van der Waals surface area contributed by atoms with E-state index in [1.54, 1.807) is 9.21 Å². The maximum Gasteiger partial charge on any atom is 0.332 e. The van der Waals surface area contributed by atoms with E-state index in [2.05, 4.69) is 4.86 Å². The molecule has 6 aromatic carbocycles. The molecule has 56 heavy (non-hydrogen) atoms. The van der Waals surface area contributed by atoms with E-state index < -0.39 is 16.9 Å². The molecular weight excluding hydrogens is 767 g/mol. The summed E-state index contributed by atoms with van der Waals surface area (Å²) in [7, 11) is -3.96. The third-order valence-corrected chi connectivity index (χ3v) is 13.4. The highest BCUT2D eigenvalue weighted by molar-refractivity contribution is 7.74. The van der Waals surface area contributed by atoms with Gasteiger partial charge in [-0.25, -0.2) is 4.86 Å². The van der Waals surface area contributed by atoms with Crippen LogP contribution in [-0.4, -0.2) is 9.21 Å². The highest BCUT2D eigenvalue weighted by atomic mass is 31.3. The fourth-order valence-electron chi connectivity index (χ4n) is 5.46. The van der Waals surface area contributed by atoms with Crippen molar-refractivity contribution >= 4 is 25.8 Å². The summed E-state index contributed by atoms with van der Waals surface area (Å²) in [6.07, 6.45) is 0. The van der Waals surface area contributed by atoms with E-state index in [4.69, 9.17) is 51.1 Å². The number of nitrogens with zero attached hydrogens (tertiary/aromatic N) is 2. The van der Waals surface area contributed by atoms with Gasteiger partial charge in [0.2, 0.25) is 5.75 Å². The van der Waals surface area contributed by atoms with Crippen LogP contribution < -0.4 is 56.0 Å². The molecule has 0 bridgehead atoms. The second-order valence-corrected chi connectivity index (χ2v) is 16.7. The van der Waals surface area contributed by atoms with Gasteiger partial charge >= 0.3 is 8.45 Å². The Hall–Kier alpha value is -4.87. The molecule has 1 saturated heterocycles. The van der Waals surface area contributed by atoms with E-state index in [9.17, 15) is 0 Å². The first-order valence-corrected chi connectivity index (χ1v) is 21.0. The molecule has 3 unspecified atom stereocenters. The molecule has 0 aromatic heterocycles. The fraction of sp³-hybridized carbons (Fsp3) is 0.100. The van der Waals surface area contributed by atoms with Gasteiger partial charge in [-0.3, -0.25) is 0 Å². The smallest absolute Gasteiger partial charge is 0.332 e. The number of nitrogens with two attached hydrogens (primary N) is 4. The van der Waals surface area contributed by atoms with Crippen LogP contribution in [-0.2, 0) is 26.2 Å². The lowest BCUT2D eigenvalue weighted by molar-refractivity contribution is 0.0668. The van der Waals surface area contributed by atoms with Gasteiger partial charge in [0.1, 0.15) is 23.0 Å². The van der Waals surface area contributed by atoms with Gasteiger partial charge in [-0.05, 0) is 53.1 Å². The van der Waals surface area contributed by atoms with Crippen molar-refractivity contribution in [3.05, 3.63) is 168 Å². The summed E-state index contributed by atoms with van der Waals surface area (Å²) < 4.78 is 30.3. The van der Waals surface area contributed by atoms with E-state index in [0.29, 0.717) is 46.0 Å². The lowest BCUT2D eigenvalue weighted by atomic mass is 10.2. The minimum atomic E-state index is -1.94. The molecule has 3 atom stereocenters. The summed E-state index contributed by atoms with van der Waals surface area (Å²) in [5, 5.41) is 0. The molecule has 288 valence electrons. The van der Waals surface area contributed by atoms with Crippen LogP contribution in [0.4, 0.5) is 0 Å². The number of nitrogens with one attached hydrogen (secondary N) is 1. The lowest BCUT2D eigenvalue weighted by Crippen LogP contribution is -2.37. The summed E-state index contributed by atoms with van der Waals surface area (Å²) in [6, 6.07) is 45.1. The molecule has 13 nitrogen and oxygen atoms in total. The van der Waals surface area contributed by atoms with Crippen LogP contribution in [0.1, 0.15) is 22.3 Å². The minimum absolute atomic E-state index is 0.162. The lowest BCUT2D eigenvalue weighted by Gasteiger charge is -2.42. The summed E-state index contributed by atoms with van der Waals surface area (Å²) in [4.78, 5) is 16.8. The van der Waals surface area contributed by atoms with Crippen LogP contribution in [0.15, 0.2) is 146 Å². The highest BCUT2D eigenvalue weighted by Crippen LogP contribution is 2.66. The third kappa shape index (κ3) is 9.38. The summed E-state index contributed by atoms with van der Waals surface area (Å²) in [5.41, 5.74) is 27.8. The average molecular weight is 810 g/mol. The van der Waals surface area contributed by atoms with E-state index >= 15 is 0 Å². The van der Waals surface area contributed by atoms with Crippen molar-refractivity contribution in [2.45, 2.75) is 26.2 Å². The van der Waals surface area contributed by atoms with Crippen molar-refractivity contribution in [3.8, 4) is 46.0 Å². The number of ether oxygens (including phenoxy) is 2. The van der Waals surface area contributed by atoms with Crippen molar-refractivity contribution in [1.29, 1.82) is 0 Å². The van der Waals surface area contributed by atoms with Crippen molar-refractivity contribution in [1.82, 2.24) is 14.1 Å². The van der Waals surface area contributed by atoms with E-state index in [0.717, 1.165) is 22.3 Å². The van der Waals surface area contributed by atoms with Crippen LogP contribution in [0, 0.1) is 0 Å². The monoisotopic (exact) mass is 809 g/mol. The maximum atomic E-state index is 6.93. The molecule has 9 N–H and O–H groups in total. The zero-order valence-electron chi connectivity index (χ0n) is 30.2. The Morgan fingerprint density at radius 2 is 0.946 bits per heavy atom. The topological polar surface area (TPSA) is 178 Å². The molecule has 0 saturated carbocycles. The molecule has 0 amide bonds. The molecule has 1 aliphatic heterocycles. The number of benzene rings is 6. The normalized spacial score (nSPS) is 16.3. The van der Waals surface area contributed by atoms with Gasteiger partial charge in [-0.1, -0.05) is 97.1 Å². The predicted octanol–water partition coefficient (Wildman–Crippen LogP) is 8.72. The second-order valence-electron chi connectivity index (χ2n) is 12.0. The second kappa shape index (κ2) is 19.3. The van der Waals surface area contributed by atoms with E-state index in [1.165, 1.54) is 0 Å². The van der Waals surface area contributed by atoms with Gasteiger partial charge in [0.15, 0.2) is 17.2 Å². The number of hydrogen-bond donors (Lipinski definition) is 5. The van der Waals surface area contributed by atoms with Crippen molar-refractivity contribution in [3.63, 3.8) is 0 Å².